The first-order valence-electron chi connectivity index (χ1n) is 6.75. The zero-order chi connectivity index (χ0) is 15.0. The number of hydrogen-bond acceptors (Lipinski definition) is 5. The quantitative estimate of drug-likeness (QED) is 0.859. The van der Waals surface area contributed by atoms with Gasteiger partial charge in [-0.15, -0.1) is 0 Å². The van der Waals surface area contributed by atoms with Crippen LogP contribution in [0.4, 0.5) is 0 Å². The monoisotopic (exact) mass is 307 g/mol. The molecule has 21 heavy (non-hydrogen) atoms. The normalized spacial score (nSPS) is 23.5. The molecule has 0 bridgehead atoms. The molecule has 0 radical (unpaired) electrons. The molecule has 3 rings (SSSR count). The van der Waals surface area contributed by atoms with Crippen molar-refractivity contribution in [3.8, 4) is 0 Å². The fraction of sp³-hybridized carbons (Fsp3) is 0.429. The van der Waals surface area contributed by atoms with Gasteiger partial charge >= 0.3 is 0 Å². The zero-order valence-electron chi connectivity index (χ0n) is 11.9. The van der Waals surface area contributed by atoms with Gasteiger partial charge in [0.15, 0.2) is 5.82 Å². The van der Waals surface area contributed by atoms with Crippen LogP contribution in [0.25, 0.3) is 0 Å². The van der Waals surface area contributed by atoms with Crippen LogP contribution in [-0.4, -0.2) is 42.2 Å². The lowest BCUT2D eigenvalue weighted by Gasteiger charge is -2.15. The zero-order valence-corrected chi connectivity index (χ0v) is 12.7. The molecule has 1 fully saturated rings. The largest absolute Gasteiger partial charge is 0.339 e. The molecule has 0 unspecified atom stereocenters. The molecule has 1 aliphatic heterocycles. The second kappa shape index (κ2) is 5.23. The number of nitrogens with zero attached hydrogens (tertiary/aromatic N) is 3. The topological polar surface area (TPSA) is 76.3 Å². The summed E-state index contributed by atoms with van der Waals surface area (Å²) in [6, 6.07) is 9.86. The lowest BCUT2D eigenvalue weighted by atomic mass is 9.89. The van der Waals surface area contributed by atoms with E-state index in [2.05, 4.69) is 10.1 Å². The molecule has 1 saturated heterocycles. The fourth-order valence-corrected chi connectivity index (χ4v) is 3.65. The summed E-state index contributed by atoms with van der Waals surface area (Å²) in [4.78, 5) is 4.29. The summed E-state index contributed by atoms with van der Waals surface area (Å²) in [7, 11) is -3.23. The van der Waals surface area contributed by atoms with E-state index in [1.807, 2.05) is 30.3 Å². The minimum Gasteiger partial charge on any atom is -0.339 e. The van der Waals surface area contributed by atoms with Gasteiger partial charge in [-0.2, -0.15) is 4.98 Å². The molecule has 2 aromatic rings. The standard InChI is InChI=1S/C14H17N3O3S/c1-10-15-14(20-16-10)13-9-17(21(2,18)19)8-12(13)11-6-4-3-5-7-11/h3-7,12-13H,8-9H2,1-2H3/t12-,13-/m0/s1. The second-order valence-corrected chi connectivity index (χ2v) is 7.37. The van der Waals surface area contributed by atoms with Crippen molar-refractivity contribution in [2.24, 2.45) is 0 Å². The highest BCUT2D eigenvalue weighted by Crippen LogP contribution is 2.39. The Hall–Kier alpha value is -1.73. The Labute approximate surface area is 123 Å². The van der Waals surface area contributed by atoms with Crippen molar-refractivity contribution < 1.29 is 12.9 Å². The van der Waals surface area contributed by atoms with Gasteiger partial charge in [-0.25, -0.2) is 12.7 Å². The Morgan fingerprint density at radius 2 is 1.86 bits per heavy atom. The Morgan fingerprint density at radius 1 is 1.19 bits per heavy atom. The summed E-state index contributed by atoms with van der Waals surface area (Å²) in [6.45, 7) is 2.57. The fourth-order valence-electron chi connectivity index (χ4n) is 2.79. The van der Waals surface area contributed by atoms with E-state index in [-0.39, 0.29) is 11.8 Å². The van der Waals surface area contributed by atoms with E-state index in [0.717, 1.165) is 5.56 Å². The molecule has 1 aliphatic rings. The number of aryl methyl sites for hydroxylation is 1. The molecule has 0 spiro atoms. The molecule has 2 atom stereocenters. The first-order chi connectivity index (χ1) is 9.95. The number of benzene rings is 1. The predicted molar refractivity (Wildman–Crippen MR) is 77.4 cm³/mol. The Bertz CT molecular complexity index is 727. The summed E-state index contributed by atoms with van der Waals surface area (Å²) in [5.41, 5.74) is 1.09. The van der Waals surface area contributed by atoms with Gasteiger partial charge in [0, 0.05) is 19.0 Å². The van der Waals surface area contributed by atoms with Crippen LogP contribution in [0.15, 0.2) is 34.9 Å². The third-order valence-electron chi connectivity index (χ3n) is 3.84. The van der Waals surface area contributed by atoms with Gasteiger partial charge in [0.25, 0.3) is 0 Å². The minimum atomic E-state index is -3.23. The van der Waals surface area contributed by atoms with Gasteiger partial charge in [-0.1, -0.05) is 35.5 Å². The van der Waals surface area contributed by atoms with Crippen LogP contribution < -0.4 is 0 Å². The van der Waals surface area contributed by atoms with E-state index >= 15 is 0 Å². The highest BCUT2D eigenvalue weighted by molar-refractivity contribution is 7.88. The maximum Gasteiger partial charge on any atom is 0.231 e. The molecule has 1 aromatic carbocycles. The Kier molecular flexibility index (Phi) is 3.54. The minimum absolute atomic E-state index is 0.0285. The first-order valence-corrected chi connectivity index (χ1v) is 8.60. The lowest BCUT2D eigenvalue weighted by Crippen LogP contribution is -2.27. The number of aromatic nitrogens is 2. The summed E-state index contributed by atoms with van der Waals surface area (Å²) >= 11 is 0. The molecular weight excluding hydrogens is 290 g/mol. The number of sulfonamides is 1. The van der Waals surface area contributed by atoms with Crippen molar-refractivity contribution in [1.29, 1.82) is 0 Å². The van der Waals surface area contributed by atoms with E-state index in [9.17, 15) is 8.42 Å². The van der Waals surface area contributed by atoms with Crippen LogP contribution in [0.5, 0.6) is 0 Å². The van der Waals surface area contributed by atoms with Crippen LogP contribution in [0.1, 0.15) is 29.1 Å². The van der Waals surface area contributed by atoms with Gasteiger partial charge in [-0.3, -0.25) is 0 Å². The van der Waals surface area contributed by atoms with Gasteiger partial charge in [0.2, 0.25) is 15.9 Å². The van der Waals surface area contributed by atoms with Crippen molar-refractivity contribution in [2.45, 2.75) is 18.8 Å². The highest BCUT2D eigenvalue weighted by atomic mass is 32.2. The molecule has 0 N–H and O–H groups in total. The van der Waals surface area contributed by atoms with Crippen LogP contribution in [0.3, 0.4) is 0 Å². The maximum atomic E-state index is 11.9. The Morgan fingerprint density at radius 3 is 2.43 bits per heavy atom. The molecule has 0 saturated carbocycles. The van der Waals surface area contributed by atoms with E-state index < -0.39 is 10.0 Å². The van der Waals surface area contributed by atoms with Crippen LogP contribution in [0, 0.1) is 6.92 Å². The number of hydrogen-bond donors (Lipinski definition) is 0. The van der Waals surface area contributed by atoms with Crippen molar-refractivity contribution in [3.05, 3.63) is 47.6 Å². The Balaban J connectivity index is 1.98. The van der Waals surface area contributed by atoms with Gasteiger partial charge < -0.3 is 4.52 Å². The van der Waals surface area contributed by atoms with Crippen LogP contribution in [-0.2, 0) is 10.0 Å². The van der Waals surface area contributed by atoms with E-state index in [1.54, 1.807) is 6.92 Å². The molecule has 6 nitrogen and oxygen atoms in total. The SMILES string of the molecule is Cc1noc([C@H]2CN(S(C)(=O)=O)C[C@H]2c2ccccc2)n1. The van der Waals surface area contributed by atoms with Crippen LogP contribution in [0.2, 0.25) is 0 Å². The predicted octanol–water partition coefficient (Wildman–Crippen LogP) is 1.52. The van der Waals surface area contributed by atoms with Gasteiger partial charge in [0.05, 0.1) is 12.2 Å². The molecule has 0 amide bonds. The molecule has 2 heterocycles. The summed E-state index contributed by atoms with van der Waals surface area (Å²) in [5.74, 6) is 0.992. The molecule has 7 heteroatoms. The summed E-state index contributed by atoms with van der Waals surface area (Å²) < 4.78 is 30.5. The smallest absolute Gasteiger partial charge is 0.231 e. The average molecular weight is 307 g/mol. The van der Waals surface area contributed by atoms with E-state index in [0.29, 0.717) is 24.8 Å². The molecule has 0 aliphatic carbocycles. The number of rotatable bonds is 3. The second-order valence-electron chi connectivity index (χ2n) is 5.38. The summed E-state index contributed by atoms with van der Waals surface area (Å²) in [6.07, 6.45) is 1.23. The van der Waals surface area contributed by atoms with Gasteiger partial charge in [0.1, 0.15) is 0 Å². The van der Waals surface area contributed by atoms with Crippen molar-refractivity contribution in [1.82, 2.24) is 14.4 Å². The van der Waals surface area contributed by atoms with Gasteiger partial charge in [-0.05, 0) is 12.5 Å². The first kappa shape index (κ1) is 14.2. The lowest BCUT2D eigenvalue weighted by molar-refractivity contribution is 0.345. The third-order valence-corrected chi connectivity index (χ3v) is 5.08. The van der Waals surface area contributed by atoms with Crippen LogP contribution >= 0.6 is 0 Å². The van der Waals surface area contributed by atoms with Crippen molar-refractivity contribution >= 4 is 10.0 Å². The summed E-state index contributed by atoms with van der Waals surface area (Å²) in [5, 5.41) is 3.82. The molecule has 112 valence electrons. The van der Waals surface area contributed by atoms with Crippen molar-refractivity contribution in [3.63, 3.8) is 0 Å². The third kappa shape index (κ3) is 2.84. The van der Waals surface area contributed by atoms with E-state index in [4.69, 9.17) is 4.52 Å². The average Bonchev–Trinajstić information content (AvgIpc) is 3.05. The molecular formula is C14H17N3O3S. The van der Waals surface area contributed by atoms with E-state index in [1.165, 1.54) is 10.6 Å². The molecule has 1 aromatic heterocycles. The highest BCUT2D eigenvalue weighted by Gasteiger charge is 2.41. The van der Waals surface area contributed by atoms with Crippen molar-refractivity contribution in [2.75, 3.05) is 19.3 Å². The maximum absolute atomic E-state index is 11.9.